The van der Waals surface area contributed by atoms with Crippen LogP contribution in [0.25, 0.3) is 22.6 Å². The van der Waals surface area contributed by atoms with E-state index >= 15 is 0 Å². The van der Waals surface area contributed by atoms with Crippen LogP contribution in [0.15, 0.2) is 57.8 Å². The summed E-state index contributed by atoms with van der Waals surface area (Å²) >= 11 is 0. The van der Waals surface area contributed by atoms with Crippen molar-refractivity contribution in [2.45, 2.75) is 6.92 Å². The summed E-state index contributed by atoms with van der Waals surface area (Å²) in [4.78, 5) is 26.3. The first-order chi connectivity index (χ1) is 14.2. The first-order valence-electron chi connectivity index (χ1n) is 9.47. The summed E-state index contributed by atoms with van der Waals surface area (Å²) in [6.07, 6.45) is 3.36. The molecule has 0 aliphatic carbocycles. The molecular formula is C21H19N5O3. The van der Waals surface area contributed by atoms with Crippen LogP contribution in [0, 0.1) is 6.92 Å². The van der Waals surface area contributed by atoms with E-state index in [1.54, 1.807) is 30.7 Å². The van der Waals surface area contributed by atoms with Crippen LogP contribution in [-0.4, -0.2) is 52.1 Å². The summed E-state index contributed by atoms with van der Waals surface area (Å²) in [5.41, 5.74) is 2.07. The number of hydrogen-bond donors (Lipinski definition) is 0. The third-order valence-electron chi connectivity index (χ3n) is 5.16. The number of fused-ring (bicyclic) bond motifs is 1. The van der Waals surface area contributed by atoms with Crippen molar-refractivity contribution in [2.24, 2.45) is 0 Å². The molecule has 146 valence electrons. The zero-order chi connectivity index (χ0) is 19.8. The van der Waals surface area contributed by atoms with Gasteiger partial charge in [0.2, 0.25) is 0 Å². The van der Waals surface area contributed by atoms with Gasteiger partial charge in [-0.1, -0.05) is 11.2 Å². The fraction of sp³-hybridized carbons (Fsp3) is 0.238. The molecule has 0 N–H and O–H groups in total. The molecule has 1 aliphatic rings. The van der Waals surface area contributed by atoms with Gasteiger partial charge in [0.15, 0.2) is 5.76 Å². The molecule has 5 rings (SSSR count). The third kappa shape index (κ3) is 3.12. The van der Waals surface area contributed by atoms with Crippen molar-refractivity contribution in [3.05, 3.63) is 60.1 Å². The zero-order valence-corrected chi connectivity index (χ0v) is 15.9. The van der Waals surface area contributed by atoms with Crippen molar-refractivity contribution in [1.82, 2.24) is 20.0 Å². The summed E-state index contributed by atoms with van der Waals surface area (Å²) in [6, 6.07) is 11.2. The number of nitrogens with zero attached hydrogens (tertiary/aromatic N) is 5. The molecule has 8 nitrogen and oxygen atoms in total. The number of aromatic nitrogens is 3. The summed E-state index contributed by atoms with van der Waals surface area (Å²) < 4.78 is 10.8. The van der Waals surface area contributed by atoms with Crippen LogP contribution in [0.4, 0.5) is 5.82 Å². The second-order valence-corrected chi connectivity index (χ2v) is 6.95. The van der Waals surface area contributed by atoms with Gasteiger partial charge in [-0.2, -0.15) is 0 Å². The molecule has 29 heavy (non-hydrogen) atoms. The Kier molecular flexibility index (Phi) is 4.23. The maximum Gasteiger partial charge on any atom is 0.259 e. The van der Waals surface area contributed by atoms with Crippen molar-refractivity contribution in [3.63, 3.8) is 0 Å². The highest BCUT2D eigenvalue weighted by Crippen LogP contribution is 2.28. The Morgan fingerprint density at radius 3 is 2.69 bits per heavy atom. The third-order valence-corrected chi connectivity index (χ3v) is 5.16. The van der Waals surface area contributed by atoms with E-state index in [-0.39, 0.29) is 5.91 Å². The predicted molar refractivity (Wildman–Crippen MR) is 107 cm³/mol. The van der Waals surface area contributed by atoms with Gasteiger partial charge >= 0.3 is 0 Å². The molecule has 0 saturated carbocycles. The van der Waals surface area contributed by atoms with E-state index in [4.69, 9.17) is 8.94 Å². The molecule has 1 saturated heterocycles. The quantitative estimate of drug-likeness (QED) is 0.532. The number of piperazine rings is 1. The Morgan fingerprint density at radius 2 is 1.97 bits per heavy atom. The highest BCUT2D eigenvalue weighted by Gasteiger charge is 2.27. The van der Waals surface area contributed by atoms with E-state index in [1.807, 2.05) is 30.0 Å². The number of carbonyl (C=O) groups excluding carboxylic acids is 1. The molecule has 8 heteroatoms. The Hall–Kier alpha value is -3.68. The lowest BCUT2D eigenvalue weighted by atomic mass is 10.1. The van der Waals surface area contributed by atoms with E-state index in [0.717, 1.165) is 18.9 Å². The van der Waals surface area contributed by atoms with E-state index < -0.39 is 0 Å². The SMILES string of the molecule is Cc1noc2nc(-c3ccco3)cc(C(=O)N3CCN(c4ccccn4)CC3)c12. The minimum Gasteiger partial charge on any atom is -0.463 e. The summed E-state index contributed by atoms with van der Waals surface area (Å²) in [5.74, 6) is 1.45. The van der Waals surface area contributed by atoms with Crippen LogP contribution in [0.1, 0.15) is 16.1 Å². The molecule has 0 aromatic carbocycles. The fourth-order valence-electron chi connectivity index (χ4n) is 3.66. The standard InChI is InChI=1S/C21H19N5O3/c1-14-19-15(13-16(17-5-4-12-28-17)23-20(19)29-24-14)21(27)26-10-8-25(9-11-26)18-6-2-3-7-22-18/h2-7,12-13H,8-11H2,1H3. The Labute approximate surface area is 166 Å². The molecule has 0 bridgehead atoms. The van der Waals surface area contributed by atoms with Gasteiger partial charge in [0.25, 0.3) is 11.6 Å². The van der Waals surface area contributed by atoms with Crippen molar-refractivity contribution < 1.29 is 13.7 Å². The maximum absolute atomic E-state index is 13.4. The van der Waals surface area contributed by atoms with Crippen LogP contribution in [0.5, 0.6) is 0 Å². The highest BCUT2D eigenvalue weighted by molar-refractivity contribution is 6.07. The minimum absolute atomic E-state index is 0.0582. The predicted octanol–water partition coefficient (Wildman–Crippen LogP) is 3.15. The van der Waals surface area contributed by atoms with Gasteiger partial charge in [0, 0.05) is 32.4 Å². The largest absolute Gasteiger partial charge is 0.463 e. The van der Waals surface area contributed by atoms with Crippen LogP contribution in [-0.2, 0) is 0 Å². The molecule has 1 amide bonds. The van der Waals surface area contributed by atoms with Gasteiger partial charge in [0.1, 0.15) is 11.5 Å². The normalized spacial score (nSPS) is 14.5. The number of rotatable bonds is 3. The lowest BCUT2D eigenvalue weighted by molar-refractivity contribution is 0.0748. The number of hydrogen-bond acceptors (Lipinski definition) is 7. The number of carbonyl (C=O) groups is 1. The molecule has 0 atom stereocenters. The Balaban J connectivity index is 1.44. The maximum atomic E-state index is 13.4. The molecule has 0 unspecified atom stereocenters. The fourth-order valence-corrected chi connectivity index (χ4v) is 3.66. The van der Waals surface area contributed by atoms with Crippen LogP contribution in [0.2, 0.25) is 0 Å². The molecule has 0 radical (unpaired) electrons. The molecule has 4 aromatic heterocycles. The average Bonchev–Trinajstić information content (AvgIpc) is 3.44. The summed E-state index contributed by atoms with van der Waals surface area (Å²) in [6.45, 7) is 4.49. The van der Waals surface area contributed by atoms with Gasteiger partial charge in [0.05, 0.1) is 22.9 Å². The van der Waals surface area contributed by atoms with Gasteiger partial charge in [-0.15, -0.1) is 0 Å². The van der Waals surface area contributed by atoms with Crippen molar-refractivity contribution >= 4 is 22.8 Å². The highest BCUT2D eigenvalue weighted by atomic mass is 16.5. The second-order valence-electron chi connectivity index (χ2n) is 6.95. The topological polar surface area (TPSA) is 88.5 Å². The first kappa shape index (κ1) is 17.4. The van der Waals surface area contributed by atoms with E-state index in [2.05, 4.69) is 20.0 Å². The van der Waals surface area contributed by atoms with Crippen molar-refractivity contribution in [1.29, 1.82) is 0 Å². The van der Waals surface area contributed by atoms with Crippen LogP contribution >= 0.6 is 0 Å². The number of anilines is 1. The molecule has 1 aliphatic heterocycles. The Bertz CT molecular complexity index is 1150. The number of amides is 1. The lowest BCUT2D eigenvalue weighted by Crippen LogP contribution is -2.49. The minimum atomic E-state index is -0.0582. The van der Waals surface area contributed by atoms with Crippen molar-refractivity contribution in [3.8, 4) is 11.5 Å². The van der Waals surface area contributed by atoms with Crippen LogP contribution in [0.3, 0.4) is 0 Å². The number of pyridine rings is 2. The van der Waals surface area contributed by atoms with Crippen LogP contribution < -0.4 is 4.90 Å². The first-order valence-corrected chi connectivity index (χ1v) is 9.47. The molecule has 4 aromatic rings. The second kappa shape index (κ2) is 7.05. The van der Waals surface area contributed by atoms with Gasteiger partial charge in [-0.3, -0.25) is 4.79 Å². The molecular weight excluding hydrogens is 370 g/mol. The van der Waals surface area contributed by atoms with E-state index in [9.17, 15) is 4.79 Å². The Morgan fingerprint density at radius 1 is 1.10 bits per heavy atom. The molecule has 0 spiro atoms. The number of furan rings is 1. The zero-order valence-electron chi connectivity index (χ0n) is 15.9. The van der Waals surface area contributed by atoms with E-state index in [1.165, 1.54) is 0 Å². The van der Waals surface area contributed by atoms with Gasteiger partial charge in [-0.25, -0.2) is 9.97 Å². The lowest BCUT2D eigenvalue weighted by Gasteiger charge is -2.35. The van der Waals surface area contributed by atoms with Crippen molar-refractivity contribution in [2.75, 3.05) is 31.1 Å². The summed E-state index contributed by atoms with van der Waals surface area (Å²) in [5, 5.41) is 4.65. The molecule has 1 fully saturated rings. The van der Waals surface area contributed by atoms with Gasteiger partial charge in [-0.05, 0) is 37.3 Å². The number of aryl methyl sites for hydroxylation is 1. The smallest absolute Gasteiger partial charge is 0.259 e. The van der Waals surface area contributed by atoms with E-state index in [0.29, 0.717) is 46.9 Å². The monoisotopic (exact) mass is 389 g/mol. The average molecular weight is 389 g/mol. The summed E-state index contributed by atoms with van der Waals surface area (Å²) in [7, 11) is 0. The van der Waals surface area contributed by atoms with Gasteiger partial charge < -0.3 is 18.7 Å². The molecule has 5 heterocycles.